The van der Waals surface area contributed by atoms with Gasteiger partial charge in [-0.3, -0.25) is 4.79 Å². The number of carbonyl (C=O) groups is 1. The molecule has 6 rings (SSSR count). The molecule has 0 aliphatic carbocycles. The lowest BCUT2D eigenvalue weighted by atomic mass is 10.0. The van der Waals surface area contributed by atoms with Crippen LogP contribution in [0.1, 0.15) is 6.92 Å². The number of nitrogens with one attached hydrogen (secondary N) is 1. The molecule has 4 aromatic carbocycles. The molecule has 0 unspecified atom stereocenters. The summed E-state index contributed by atoms with van der Waals surface area (Å²) in [6.07, 6.45) is 1.60. The zero-order valence-corrected chi connectivity index (χ0v) is 18.9. The fourth-order valence-electron chi connectivity index (χ4n) is 4.12. The Morgan fingerprint density at radius 3 is 2.09 bits per heavy atom. The van der Waals surface area contributed by atoms with Crippen molar-refractivity contribution in [2.45, 2.75) is 6.92 Å². The van der Waals surface area contributed by atoms with Gasteiger partial charge in [0.15, 0.2) is 11.6 Å². The van der Waals surface area contributed by atoms with Crippen LogP contribution in [-0.2, 0) is 4.79 Å². The summed E-state index contributed by atoms with van der Waals surface area (Å²) in [4.78, 5) is 25.9. The van der Waals surface area contributed by atoms with E-state index >= 15 is 0 Å². The highest BCUT2D eigenvalue weighted by atomic mass is 16.1. The number of benzene rings is 4. The fraction of sp³-hybridized carbons (Fsp3) is 0.0357. The molecule has 2 heterocycles. The van der Waals surface area contributed by atoms with E-state index in [0.717, 1.165) is 21.9 Å². The quantitative estimate of drug-likeness (QED) is 0.346. The van der Waals surface area contributed by atoms with Crippen LogP contribution < -0.4 is 5.32 Å². The van der Waals surface area contributed by atoms with Gasteiger partial charge in [0.2, 0.25) is 5.91 Å². The maximum absolute atomic E-state index is 11.7. The number of aromatic nitrogens is 5. The Bertz CT molecular complexity index is 1710. The third kappa shape index (κ3) is 4.00. The molecule has 1 N–H and O–H groups in total. The second-order valence-electron chi connectivity index (χ2n) is 8.22. The predicted molar refractivity (Wildman–Crippen MR) is 137 cm³/mol. The second kappa shape index (κ2) is 8.46. The van der Waals surface area contributed by atoms with E-state index in [1.165, 1.54) is 22.4 Å². The Labute approximate surface area is 201 Å². The summed E-state index contributed by atoms with van der Waals surface area (Å²) in [5.41, 5.74) is 1.72. The highest BCUT2D eigenvalue weighted by Crippen LogP contribution is 2.28. The van der Waals surface area contributed by atoms with Crippen LogP contribution in [0.3, 0.4) is 0 Å². The molecule has 2 aromatic heterocycles. The highest BCUT2D eigenvalue weighted by Gasteiger charge is 2.15. The van der Waals surface area contributed by atoms with Crippen molar-refractivity contribution >= 4 is 33.3 Å². The SMILES string of the molecule is CC(=O)Nc1ccnn1-c1nc(-c2ccccc2)nc(-c2ccc3cc4ccccc4cc3c2)n1. The molecule has 0 aliphatic heterocycles. The Hall–Kier alpha value is -4.91. The third-order valence-corrected chi connectivity index (χ3v) is 5.75. The van der Waals surface area contributed by atoms with E-state index in [4.69, 9.17) is 9.97 Å². The average Bonchev–Trinajstić information content (AvgIpc) is 3.35. The number of rotatable bonds is 4. The lowest BCUT2D eigenvalue weighted by Gasteiger charge is -2.11. The summed E-state index contributed by atoms with van der Waals surface area (Å²) in [6, 6.07) is 30.3. The topological polar surface area (TPSA) is 85.6 Å². The van der Waals surface area contributed by atoms with Crippen molar-refractivity contribution in [1.29, 1.82) is 0 Å². The Kier molecular flexibility index (Phi) is 5.00. The summed E-state index contributed by atoms with van der Waals surface area (Å²) >= 11 is 0. The Morgan fingerprint density at radius 1 is 0.686 bits per heavy atom. The Morgan fingerprint density at radius 2 is 1.34 bits per heavy atom. The van der Waals surface area contributed by atoms with Gasteiger partial charge in [-0.2, -0.15) is 19.7 Å². The van der Waals surface area contributed by atoms with Gasteiger partial charge in [0.1, 0.15) is 5.82 Å². The number of fused-ring (bicyclic) bond motifs is 2. The molecule has 35 heavy (non-hydrogen) atoms. The number of carbonyl (C=O) groups excluding carboxylic acids is 1. The number of hydrogen-bond acceptors (Lipinski definition) is 5. The minimum Gasteiger partial charge on any atom is -0.311 e. The maximum atomic E-state index is 11.7. The van der Waals surface area contributed by atoms with Crippen molar-refractivity contribution in [3.05, 3.63) is 97.2 Å². The molecule has 0 aliphatic rings. The van der Waals surface area contributed by atoms with Crippen LogP contribution in [0.4, 0.5) is 5.82 Å². The molecule has 6 aromatic rings. The number of amides is 1. The molecule has 0 spiro atoms. The van der Waals surface area contributed by atoms with E-state index in [2.05, 4.69) is 51.8 Å². The molecule has 1 amide bonds. The van der Waals surface area contributed by atoms with Crippen LogP contribution in [0.15, 0.2) is 97.2 Å². The van der Waals surface area contributed by atoms with E-state index in [0.29, 0.717) is 23.4 Å². The molecule has 0 bridgehead atoms. The largest absolute Gasteiger partial charge is 0.311 e. The smallest absolute Gasteiger partial charge is 0.256 e. The normalized spacial score (nSPS) is 11.1. The van der Waals surface area contributed by atoms with Crippen LogP contribution in [0.25, 0.3) is 50.3 Å². The summed E-state index contributed by atoms with van der Waals surface area (Å²) in [6.45, 7) is 1.45. The van der Waals surface area contributed by atoms with Crippen LogP contribution in [0, 0.1) is 0 Å². The van der Waals surface area contributed by atoms with Crippen molar-refractivity contribution in [3.63, 3.8) is 0 Å². The first-order valence-corrected chi connectivity index (χ1v) is 11.2. The minimum absolute atomic E-state index is 0.203. The summed E-state index contributed by atoms with van der Waals surface area (Å²) < 4.78 is 1.51. The van der Waals surface area contributed by atoms with Gasteiger partial charge >= 0.3 is 0 Å². The molecule has 7 heteroatoms. The Balaban J connectivity index is 1.54. The van der Waals surface area contributed by atoms with Crippen molar-refractivity contribution < 1.29 is 4.79 Å². The van der Waals surface area contributed by atoms with Gasteiger partial charge in [-0.25, -0.2) is 4.98 Å². The number of anilines is 1. The van der Waals surface area contributed by atoms with Gasteiger partial charge < -0.3 is 5.32 Å². The summed E-state index contributed by atoms with van der Waals surface area (Å²) in [5, 5.41) is 11.7. The van der Waals surface area contributed by atoms with E-state index in [1.807, 2.05) is 48.5 Å². The minimum atomic E-state index is -0.203. The van der Waals surface area contributed by atoms with Gasteiger partial charge in [-0.1, -0.05) is 66.7 Å². The number of hydrogen-bond donors (Lipinski definition) is 1. The van der Waals surface area contributed by atoms with E-state index in [1.54, 1.807) is 12.3 Å². The van der Waals surface area contributed by atoms with Crippen molar-refractivity contribution in [1.82, 2.24) is 24.7 Å². The monoisotopic (exact) mass is 456 g/mol. The first kappa shape index (κ1) is 20.7. The third-order valence-electron chi connectivity index (χ3n) is 5.75. The van der Waals surface area contributed by atoms with Crippen LogP contribution >= 0.6 is 0 Å². The van der Waals surface area contributed by atoms with Crippen molar-refractivity contribution in [2.24, 2.45) is 0 Å². The lowest BCUT2D eigenvalue weighted by molar-refractivity contribution is -0.114. The molecule has 7 nitrogen and oxygen atoms in total. The zero-order valence-electron chi connectivity index (χ0n) is 18.9. The van der Waals surface area contributed by atoms with Crippen LogP contribution in [-0.4, -0.2) is 30.6 Å². The molecule has 0 radical (unpaired) electrons. The molecule has 168 valence electrons. The van der Waals surface area contributed by atoms with E-state index < -0.39 is 0 Å². The lowest BCUT2D eigenvalue weighted by Crippen LogP contribution is -2.14. The number of nitrogens with zero attached hydrogens (tertiary/aromatic N) is 5. The first-order valence-electron chi connectivity index (χ1n) is 11.2. The van der Waals surface area contributed by atoms with Gasteiger partial charge in [-0.15, -0.1) is 0 Å². The van der Waals surface area contributed by atoms with E-state index in [-0.39, 0.29) is 5.91 Å². The van der Waals surface area contributed by atoms with Gasteiger partial charge in [-0.05, 0) is 39.7 Å². The maximum Gasteiger partial charge on any atom is 0.256 e. The molecular formula is C28H20N6O. The van der Waals surface area contributed by atoms with Crippen molar-refractivity contribution in [3.8, 4) is 28.7 Å². The molecular weight excluding hydrogens is 436 g/mol. The van der Waals surface area contributed by atoms with E-state index in [9.17, 15) is 4.79 Å². The van der Waals surface area contributed by atoms with Crippen LogP contribution in [0.5, 0.6) is 0 Å². The van der Waals surface area contributed by atoms with Gasteiger partial charge in [0.25, 0.3) is 5.95 Å². The summed E-state index contributed by atoms with van der Waals surface area (Å²) in [7, 11) is 0. The van der Waals surface area contributed by atoms with Gasteiger partial charge in [0, 0.05) is 24.1 Å². The standard InChI is InChI=1S/C28H20N6O/c1-18(35)30-25-13-14-29-34(25)28-32-26(19-7-3-2-4-8-19)31-27(33-28)23-12-11-22-15-20-9-5-6-10-21(20)16-24(22)17-23/h2-17H,1H3,(H,30,35). The first-order chi connectivity index (χ1) is 17.1. The second-order valence-corrected chi connectivity index (χ2v) is 8.22. The summed E-state index contributed by atoms with van der Waals surface area (Å²) in [5.74, 6) is 1.65. The molecule has 0 atom stereocenters. The molecule has 0 saturated carbocycles. The predicted octanol–water partition coefficient (Wildman–Crippen LogP) is 5.66. The average molecular weight is 457 g/mol. The fourth-order valence-corrected chi connectivity index (χ4v) is 4.12. The zero-order chi connectivity index (χ0) is 23.8. The highest BCUT2D eigenvalue weighted by molar-refractivity contribution is 5.99. The van der Waals surface area contributed by atoms with Crippen molar-refractivity contribution in [2.75, 3.05) is 5.32 Å². The molecule has 0 fully saturated rings. The van der Waals surface area contributed by atoms with Crippen LogP contribution in [0.2, 0.25) is 0 Å². The van der Waals surface area contributed by atoms with Gasteiger partial charge in [0.05, 0.1) is 6.20 Å². The molecule has 0 saturated heterocycles.